The van der Waals surface area contributed by atoms with Crippen molar-refractivity contribution in [3.05, 3.63) is 73.6 Å². The standard InChI is InChI=1S/C22H25N3O3S/c1-5-8-19-24-15(3)18(29-19)13-23-21(26)20-14(2)11-12-25(22(20)27)16-9-6-7-10-17(16)28-4/h6-7,9-12H,5,8,13H2,1-4H3,(H,23,26). The van der Waals surface area contributed by atoms with E-state index in [9.17, 15) is 9.59 Å². The third-order valence-corrected chi connectivity index (χ3v) is 5.90. The third kappa shape index (κ3) is 4.40. The number of hydrogen-bond acceptors (Lipinski definition) is 5. The number of para-hydroxylation sites is 2. The van der Waals surface area contributed by atoms with Crippen molar-refractivity contribution in [3.63, 3.8) is 0 Å². The fourth-order valence-corrected chi connectivity index (χ4v) is 4.25. The number of rotatable bonds is 7. The second-order valence-corrected chi connectivity index (χ2v) is 7.94. The fraction of sp³-hybridized carbons (Fsp3) is 0.318. The molecule has 0 saturated carbocycles. The minimum Gasteiger partial charge on any atom is -0.495 e. The summed E-state index contributed by atoms with van der Waals surface area (Å²) in [6, 6.07) is 8.98. The second-order valence-electron chi connectivity index (χ2n) is 6.77. The summed E-state index contributed by atoms with van der Waals surface area (Å²) < 4.78 is 6.80. The van der Waals surface area contributed by atoms with Crippen LogP contribution < -0.4 is 15.6 Å². The van der Waals surface area contributed by atoms with Crippen LogP contribution in [0, 0.1) is 13.8 Å². The zero-order valence-electron chi connectivity index (χ0n) is 17.1. The molecule has 2 aromatic heterocycles. The Bertz CT molecular complexity index is 1090. The van der Waals surface area contributed by atoms with E-state index < -0.39 is 0 Å². The Morgan fingerprint density at radius 1 is 1.24 bits per heavy atom. The van der Waals surface area contributed by atoms with Gasteiger partial charge in [0.1, 0.15) is 11.3 Å². The Labute approximate surface area is 174 Å². The summed E-state index contributed by atoms with van der Waals surface area (Å²) in [5, 5.41) is 3.96. The molecule has 1 N–H and O–H groups in total. The molecule has 0 fully saturated rings. The number of aryl methyl sites for hydroxylation is 3. The largest absolute Gasteiger partial charge is 0.495 e. The number of ether oxygens (including phenoxy) is 1. The van der Waals surface area contributed by atoms with Crippen LogP contribution in [-0.4, -0.2) is 22.6 Å². The number of pyridine rings is 1. The average Bonchev–Trinajstić information content (AvgIpc) is 3.06. The van der Waals surface area contributed by atoms with Gasteiger partial charge in [-0.3, -0.25) is 14.2 Å². The highest BCUT2D eigenvalue weighted by atomic mass is 32.1. The van der Waals surface area contributed by atoms with Gasteiger partial charge in [-0.1, -0.05) is 19.1 Å². The van der Waals surface area contributed by atoms with Crippen LogP contribution in [0.2, 0.25) is 0 Å². The minimum atomic E-state index is -0.387. The molecule has 3 rings (SSSR count). The van der Waals surface area contributed by atoms with Crippen molar-refractivity contribution in [2.45, 2.75) is 40.2 Å². The molecule has 3 aromatic rings. The maximum absolute atomic E-state index is 13.1. The molecule has 152 valence electrons. The van der Waals surface area contributed by atoms with Gasteiger partial charge in [-0.05, 0) is 50.5 Å². The molecule has 7 heteroatoms. The van der Waals surface area contributed by atoms with E-state index in [0.717, 1.165) is 28.4 Å². The van der Waals surface area contributed by atoms with Crippen molar-refractivity contribution >= 4 is 17.2 Å². The third-order valence-electron chi connectivity index (χ3n) is 4.68. The number of methoxy groups -OCH3 is 1. The molecule has 2 heterocycles. The number of aromatic nitrogens is 2. The van der Waals surface area contributed by atoms with Crippen molar-refractivity contribution in [1.82, 2.24) is 14.9 Å². The van der Waals surface area contributed by atoms with Gasteiger partial charge in [0.15, 0.2) is 0 Å². The van der Waals surface area contributed by atoms with E-state index in [-0.39, 0.29) is 17.0 Å². The van der Waals surface area contributed by atoms with E-state index >= 15 is 0 Å². The Morgan fingerprint density at radius 2 is 2.00 bits per heavy atom. The molecule has 6 nitrogen and oxygen atoms in total. The molecule has 0 radical (unpaired) electrons. The van der Waals surface area contributed by atoms with Crippen molar-refractivity contribution in [1.29, 1.82) is 0 Å². The van der Waals surface area contributed by atoms with E-state index in [1.54, 1.807) is 49.8 Å². The number of thiazole rings is 1. The molecular weight excluding hydrogens is 386 g/mol. The van der Waals surface area contributed by atoms with Gasteiger partial charge >= 0.3 is 0 Å². The van der Waals surface area contributed by atoms with Crippen LogP contribution in [0.1, 0.15) is 44.8 Å². The summed E-state index contributed by atoms with van der Waals surface area (Å²) in [5.41, 5.74) is 1.91. The lowest BCUT2D eigenvalue weighted by atomic mass is 10.1. The summed E-state index contributed by atoms with van der Waals surface area (Å²) in [7, 11) is 1.55. The minimum absolute atomic E-state index is 0.134. The summed E-state index contributed by atoms with van der Waals surface area (Å²) in [6.07, 6.45) is 3.63. The predicted octanol–water partition coefficient (Wildman–Crippen LogP) is 3.80. The number of nitrogens with zero attached hydrogens (tertiary/aromatic N) is 2. The Hall–Kier alpha value is -2.93. The van der Waals surface area contributed by atoms with Gasteiger partial charge in [-0.25, -0.2) is 4.98 Å². The van der Waals surface area contributed by atoms with Crippen LogP contribution in [-0.2, 0) is 13.0 Å². The number of carbonyl (C=O) groups is 1. The molecule has 1 aromatic carbocycles. The first-order valence-electron chi connectivity index (χ1n) is 9.55. The maximum Gasteiger partial charge on any atom is 0.268 e. The van der Waals surface area contributed by atoms with Crippen LogP contribution in [0.15, 0.2) is 41.3 Å². The van der Waals surface area contributed by atoms with Crippen LogP contribution in [0.25, 0.3) is 5.69 Å². The quantitative estimate of drug-likeness (QED) is 0.642. The monoisotopic (exact) mass is 411 g/mol. The molecular formula is C22H25N3O3S. The number of benzene rings is 1. The van der Waals surface area contributed by atoms with Crippen LogP contribution in [0.5, 0.6) is 5.75 Å². The van der Waals surface area contributed by atoms with Crippen LogP contribution in [0.4, 0.5) is 0 Å². The number of nitrogens with one attached hydrogen (secondary N) is 1. The lowest BCUT2D eigenvalue weighted by Crippen LogP contribution is -2.33. The molecule has 0 unspecified atom stereocenters. The zero-order chi connectivity index (χ0) is 21.0. The van der Waals surface area contributed by atoms with Crippen LogP contribution in [0.3, 0.4) is 0 Å². The Balaban J connectivity index is 1.89. The number of hydrogen-bond donors (Lipinski definition) is 1. The van der Waals surface area contributed by atoms with Crippen molar-refractivity contribution in [3.8, 4) is 11.4 Å². The predicted molar refractivity (Wildman–Crippen MR) is 115 cm³/mol. The highest BCUT2D eigenvalue weighted by Crippen LogP contribution is 2.22. The van der Waals surface area contributed by atoms with Crippen molar-refractivity contribution < 1.29 is 9.53 Å². The second kappa shape index (κ2) is 9.05. The average molecular weight is 412 g/mol. The first-order valence-corrected chi connectivity index (χ1v) is 10.4. The SMILES string of the molecule is CCCc1nc(C)c(CNC(=O)c2c(C)ccn(-c3ccccc3OC)c2=O)s1. The van der Waals surface area contributed by atoms with Gasteiger partial charge < -0.3 is 10.1 Å². The molecule has 0 bridgehead atoms. The topological polar surface area (TPSA) is 73.2 Å². The van der Waals surface area contributed by atoms with E-state index in [1.807, 2.05) is 19.1 Å². The number of amides is 1. The molecule has 0 aliphatic rings. The lowest BCUT2D eigenvalue weighted by Gasteiger charge is -2.13. The summed E-state index contributed by atoms with van der Waals surface area (Å²) in [6.45, 7) is 6.18. The highest BCUT2D eigenvalue weighted by Gasteiger charge is 2.18. The van der Waals surface area contributed by atoms with Gasteiger partial charge in [0.2, 0.25) is 0 Å². The zero-order valence-corrected chi connectivity index (χ0v) is 17.9. The van der Waals surface area contributed by atoms with E-state index in [4.69, 9.17) is 4.74 Å². The van der Waals surface area contributed by atoms with E-state index in [2.05, 4.69) is 17.2 Å². The summed E-state index contributed by atoms with van der Waals surface area (Å²) in [5.74, 6) is 0.176. The highest BCUT2D eigenvalue weighted by molar-refractivity contribution is 7.11. The first kappa shape index (κ1) is 20.8. The van der Waals surface area contributed by atoms with Gasteiger partial charge in [0, 0.05) is 11.1 Å². The maximum atomic E-state index is 13.1. The summed E-state index contributed by atoms with van der Waals surface area (Å²) in [4.78, 5) is 31.5. The smallest absolute Gasteiger partial charge is 0.268 e. The van der Waals surface area contributed by atoms with Gasteiger partial charge in [0.05, 0.1) is 30.0 Å². The Morgan fingerprint density at radius 3 is 2.72 bits per heavy atom. The molecule has 1 amide bonds. The molecule has 0 atom stereocenters. The normalized spacial score (nSPS) is 10.8. The van der Waals surface area contributed by atoms with Gasteiger partial charge in [0.25, 0.3) is 11.5 Å². The van der Waals surface area contributed by atoms with Crippen molar-refractivity contribution in [2.24, 2.45) is 0 Å². The summed E-state index contributed by atoms with van der Waals surface area (Å²) >= 11 is 1.61. The number of carbonyl (C=O) groups excluding carboxylic acids is 1. The lowest BCUT2D eigenvalue weighted by molar-refractivity contribution is 0.0948. The Kier molecular flexibility index (Phi) is 6.49. The molecule has 29 heavy (non-hydrogen) atoms. The van der Waals surface area contributed by atoms with Crippen LogP contribution >= 0.6 is 11.3 Å². The first-order chi connectivity index (χ1) is 14.0. The fourth-order valence-electron chi connectivity index (χ4n) is 3.14. The molecule has 0 aliphatic carbocycles. The van der Waals surface area contributed by atoms with Crippen molar-refractivity contribution in [2.75, 3.05) is 7.11 Å². The van der Waals surface area contributed by atoms with E-state index in [0.29, 0.717) is 23.5 Å². The van der Waals surface area contributed by atoms with Gasteiger partial charge in [-0.15, -0.1) is 11.3 Å². The molecule has 0 spiro atoms. The molecule has 0 aliphatic heterocycles. The molecule has 0 saturated heterocycles. The van der Waals surface area contributed by atoms with E-state index in [1.165, 1.54) is 4.57 Å². The van der Waals surface area contributed by atoms with Gasteiger partial charge in [-0.2, -0.15) is 0 Å².